The lowest BCUT2D eigenvalue weighted by molar-refractivity contribution is 0.308. The topological polar surface area (TPSA) is 0 Å². The molecule has 0 saturated heterocycles. The Morgan fingerprint density at radius 1 is 0.714 bits per heavy atom. The third kappa shape index (κ3) is 5.68. The maximum atomic E-state index is 10.3. The van der Waals surface area contributed by atoms with Gasteiger partial charge in [-0.1, -0.05) is 0 Å². The van der Waals surface area contributed by atoms with E-state index in [1.165, 1.54) is 0 Å². The summed E-state index contributed by atoms with van der Waals surface area (Å²) in [5.74, 6) is 0. The second kappa shape index (κ2) is 3.85. The summed E-state index contributed by atoms with van der Waals surface area (Å²) in [5.41, 5.74) is 0. The summed E-state index contributed by atoms with van der Waals surface area (Å²) in [6.07, 6.45) is -5.81. The van der Waals surface area contributed by atoms with Gasteiger partial charge in [-0.3, -0.25) is 0 Å². The Morgan fingerprint density at radius 2 is 0.857 bits per heavy atom. The predicted molar refractivity (Wildman–Crippen MR) is 17.2 cm³/mol. The highest BCUT2D eigenvalue weighted by Gasteiger charge is 1.98. The average Bonchev–Trinajstić information content (AvgIpc) is 1.36. The van der Waals surface area contributed by atoms with Crippen LogP contribution in [0.2, 0.25) is 0 Å². The molecule has 0 rings (SSSR count). The third-order valence-electron chi connectivity index (χ3n) is 0.143. The third-order valence-corrected chi connectivity index (χ3v) is 0.143. The summed E-state index contributed by atoms with van der Waals surface area (Å²) in [7, 11) is 0. The zero-order chi connectivity index (χ0) is 5.15. The van der Waals surface area contributed by atoms with Crippen molar-refractivity contribution in [3.05, 3.63) is 12.2 Å². The first kappa shape index (κ1) is 9.84. The Labute approximate surface area is 41.9 Å². The summed E-state index contributed by atoms with van der Waals surface area (Å²) in [4.78, 5) is 0. The first-order valence-corrected chi connectivity index (χ1v) is 1.01. The van der Waals surface area contributed by atoms with Gasteiger partial charge in [0.2, 0.25) is 0 Å². The number of rotatable bonds is 0. The second-order valence-corrected chi connectivity index (χ2v) is 0.521. The summed E-state index contributed by atoms with van der Waals surface area (Å²) in [5, 5.41) is 0. The highest BCUT2D eigenvalue weighted by atomic mass is 28.1. The van der Waals surface area contributed by atoms with Crippen molar-refractivity contribution in [1.82, 2.24) is 0 Å². The Morgan fingerprint density at radius 3 is 0.857 bits per heavy atom. The molecule has 0 bridgehead atoms. The molecular weight excluding hydrogens is 128 g/mol. The van der Waals surface area contributed by atoms with Gasteiger partial charge in [0, 0.05) is 11.0 Å². The van der Waals surface area contributed by atoms with Gasteiger partial charge in [0.05, 0.1) is 0 Å². The molecule has 0 aromatic carbocycles. The number of hydrogen-bond donors (Lipinski definition) is 0. The molecule has 0 atom stereocenters. The Bertz CT molecular complexity index is 59.8. The maximum Gasteiger partial charge on any atom is 0.334 e. The van der Waals surface area contributed by atoms with Gasteiger partial charge >= 0.3 is 12.2 Å². The summed E-state index contributed by atoms with van der Waals surface area (Å²) in [6.45, 7) is 0. The molecule has 0 fully saturated rings. The quantitative estimate of drug-likeness (QED) is 0.343. The van der Waals surface area contributed by atoms with E-state index in [0.29, 0.717) is 0 Å². The molecule has 4 radical (unpaired) electrons. The predicted octanol–water partition coefficient (Wildman–Crippen LogP) is 1.61. The van der Waals surface area contributed by atoms with E-state index >= 15 is 0 Å². The van der Waals surface area contributed by atoms with E-state index in [1.54, 1.807) is 0 Å². The van der Waals surface area contributed by atoms with Crippen molar-refractivity contribution in [1.29, 1.82) is 0 Å². The van der Waals surface area contributed by atoms with Crippen LogP contribution in [0.5, 0.6) is 0 Å². The van der Waals surface area contributed by atoms with Gasteiger partial charge in [0.25, 0.3) is 0 Å². The average molecular weight is 128 g/mol. The minimum absolute atomic E-state index is 0. The first-order chi connectivity index (χ1) is 2.64. The van der Waals surface area contributed by atoms with Crippen molar-refractivity contribution in [2.75, 3.05) is 0 Å². The van der Waals surface area contributed by atoms with E-state index in [4.69, 9.17) is 0 Å². The van der Waals surface area contributed by atoms with Crippen molar-refractivity contribution in [3.8, 4) is 0 Å². The monoisotopic (exact) mass is 128 g/mol. The number of halogens is 4. The van der Waals surface area contributed by atoms with Crippen molar-refractivity contribution in [2.24, 2.45) is 0 Å². The first-order valence-electron chi connectivity index (χ1n) is 1.01. The lowest BCUT2D eigenvalue weighted by Gasteiger charge is -1.69. The molecule has 0 amide bonds. The highest BCUT2D eigenvalue weighted by Crippen LogP contribution is 2.08. The molecule has 0 unspecified atom stereocenters. The van der Waals surface area contributed by atoms with E-state index in [-0.39, 0.29) is 11.0 Å². The van der Waals surface area contributed by atoms with Crippen LogP contribution in [0.1, 0.15) is 0 Å². The normalized spacial score (nSPS) is 6.86. The summed E-state index contributed by atoms with van der Waals surface area (Å²) >= 11 is 0. The van der Waals surface area contributed by atoms with Crippen LogP contribution in [-0.4, -0.2) is 11.0 Å². The molecule has 0 saturated carbocycles. The van der Waals surface area contributed by atoms with Gasteiger partial charge in [-0.25, -0.2) is 0 Å². The van der Waals surface area contributed by atoms with E-state index in [1.807, 2.05) is 0 Å². The molecular formula is C2F4Si. The summed E-state index contributed by atoms with van der Waals surface area (Å²) < 4.78 is 41.1. The largest absolute Gasteiger partial charge is 0.334 e. The van der Waals surface area contributed by atoms with Gasteiger partial charge in [-0.2, -0.15) is 17.6 Å². The molecule has 0 aromatic heterocycles. The Kier molecular flexibility index (Phi) is 5.41. The van der Waals surface area contributed by atoms with Crippen molar-refractivity contribution >= 4 is 11.0 Å². The summed E-state index contributed by atoms with van der Waals surface area (Å²) in [6, 6.07) is 0. The van der Waals surface area contributed by atoms with Crippen LogP contribution in [-0.2, 0) is 0 Å². The molecule has 0 heterocycles. The van der Waals surface area contributed by atoms with Crippen LogP contribution in [0, 0.1) is 0 Å². The fourth-order valence-electron chi connectivity index (χ4n) is 0. The standard InChI is InChI=1S/C2F4.Si/c3-1(4)2(5)6;. The molecule has 0 aliphatic heterocycles. The van der Waals surface area contributed by atoms with Gasteiger partial charge in [-0.15, -0.1) is 0 Å². The fraction of sp³-hybridized carbons (Fsp3) is 0. The van der Waals surface area contributed by atoms with E-state index in [0.717, 1.165) is 0 Å². The van der Waals surface area contributed by atoms with Crippen LogP contribution in [0.15, 0.2) is 12.2 Å². The molecule has 0 aliphatic rings. The van der Waals surface area contributed by atoms with Crippen LogP contribution in [0.25, 0.3) is 0 Å². The number of hydrogen-bond acceptors (Lipinski definition) is 0. The minimum Gasteiger partial charge on any atom is -0.167 e. The fourth-order valence-corrected chi connectivity index (χ4v) is 0. The van der Waals surface area contributed by atoms with Crippen molar-refractivity contribution in [3.63, 3.8) is 0 Å². The smallest absolute Gasteiger partial charge is 0.167 e. The van der Waals surface area contributed by atoms with Crippen LogP contribution in [0.3, 0.4) is 0 Å². The Balaban J connectivity index is 0. The van der Waals surface area contributed by atoms with Crippen molar-refractivity contribution in [2.45, 2.75) is 0 Å². The zero-order valence-electron chi connectivity index (χ0n) is 3.01. The molecule has 0 nitrogen and oxygen atoms in total. The van der Waals surface area contributed by atoms with Crippen molar-refractivity contribution < 1.29 is 17.6 Å². The molecule has 5 heteroatoms. The van der Waals surface area contributed by atoms with Gasteiger partial charge in [0.1, 0.15) is 0 Å². The molecule has 0 aromatic rings. The zero-order valence-corrected chi connectivity index (χ0v) is 4.01. The Hall–Kier alpha value is -0.323. The van der Waals surface area contributed by atoms with E-state index < -0.39 is 12.2 Å². The van der Waals surface area contributed by atoms with Crippen LogP contribution >= 0.6 is 0 Å². The van der Waals surface area contributed by atoms with Crippen LogP contribution < -0.4 is 0 Å². The lowest BCUT2D eigenvalue weighted by Crippen LogP contribution is -1.56. The molecule has 0 aliphatic carbocycles. The highest BCUT2D eigenvalue weighted by molar-refractivity contribution is 5.75. The molecule has 0 N–H and O–H groups in total. The lowest BCUT2D eigenvalue weighted by atomic mass is 11.1. The SMILES string of the molecule is FC(F)=C(F)F.[Si]. The van der Waals surface area contributed by atoms with E-state index in [2.05, 4.69) is 0 Å². The molecule has 0 spiro atoms. The van der Waals surface area contributed by atoms with Gasteiger partial charge in [-0.05, 0) is 0 Å². The minimum atomic E-state index is -2.91. The second-order valence-electron chi connectivity index (χ2n) is 0.521. The van der Waals surface area contributed by atoms with E-state index in [9.17, 15) is 17.6 Å². The van der Waals surface area contributed by atoms with Gasteiger partial charge < -0.3 is 0 Å². The van der Waals surface area contributed by atoms with Crippen LogP contribution in [0.4, 0.5) is 17.6 Å². The molecule has 40 valence electrons. The molecule has 7 heavy (non-hydrogen) atoms. The maximum absolute atomic E-state index is 10.3. The van der Waals surface area contributed by atoms with Gasteiger partial charge in [0.15, 0.2) is 0 Å².